The van der Waals surface area contributed by atoms with Crippen LogP contribution in [0.3, 0.4) is 0 Å². The van der Waals surface area contributed by atoms with Crippen LogP contribution in [0.5, 0.6) is 0 Å². The number of benzene rings is 2. The smallest absolute Gasteiger partial charge is 0.243 e. The summed E-state index contributed by atoms with van der Waals surface area (Å²) in [5.41, 5.74) is 0. The predicted molar refractivity (Wildman–Crippen MR) is 128 cm³/mol. The van der Waals surface area contributed by atoms with E-state index in [-0.39, 0.29) is 22.6 Å². The van der Waals surface area contributed by atoms with Crippen molar-refractivity contribution in [3.8, 4) is 0 Å². The van der Waals surface area contributed by atoms with Crippen molar-refractivity contribution in [2.45, 2.75) is 49.8 Å². The summed E-state index contributed by atoms with van der Waals surface area (Å²) in [6.07, 6.45) is 5.75. The Kier molecular flexibility index (Phi) is 7.65. The molecule has 0 aromatic heterocycles. The highest BCUT2D eigenvalue weighted by Crippen LogP contribution is 2.26. The number of rotatable bonds is 6. The largest absolute Gasteiger partial charge is 0.355 e. The normalized spacial score (nSPS) is 18.7. The molecule has 2 heterocycles. The van der Waals surface area contributed by atoms with Crippen LogP contribution >= 0.6 is 0 Å². The van der Waals surface area contributed by atoms with Crippen molar-refractivity contribution in [1.29, 1.82) is 0 Å². The van der Waals surface area contributed by atoms with Gasteiger partial charge in [0.25, 0.3) is 0 Å². The number of nitrogens with one attached hydrogen (secondary N) is 1. The molecule has 178 valence electrons. The average molecular weight is 472 g/mol. The Balaban J connectivity index is 1.26. The Bertz CT molecular complexity index is 1090. The van der Waals surface area contributed by atoms with E-state index in [0.29, 0.717) is 38.9 Å². The fourth-order valence-corrected chi connectivity index (χ4v) is 6.26. The molecule has 0 bridgehead atoms. The zero-order valence-electron chi connectivity index (χ0n) is 19.0. The van der Waals surface area contributed by atoms with Crippen LogP contribution in [0.25, 0.3) is 10.8 Å². The number of nitrogens with zero attached hydrogens (tertiary/aromatic N) is 2. The highest BCUT2D eigenvalue weighted by molar-refractivity contribution is 7.89. The van der Waals surface area contributed by atoms with Crippen LogP contribution in [-0.2, 0) is 19.6 Å². The van der Waals surface area contributed by atoms with Crippen LogP contribution in [-0.4, -0.2) is 62.2 Å². The summed E-state index contributed by atoms with van der Waals surface area (Å²) in [6.45, 7) is 2.61. The van der Waals surface area contributed by atoms with Gasteiger partial charge in [0.05, 0.1) is 4.90 Å². The molecule has 2 aliphatic heterocycles. The van der Waals surface area contributed by atoms with E-state index < -0.39 is 10.0 Å². The third kappa shape index (κ3) is 5.73. The Morgan fingerprint density at radius 2 is 1.55 bits per heavy atom. The van der Waals surface area contributed by atoms with E-state index in [1.54, 1.807) is 12.1 Å². The third-order valence-electron chi connectivity index (χ3n) is 6.78. The molecule has 7 nitrogen and oxygen atoms in total. The lowest BCUT2D eigenvalue weighted by Gasteiger charge is -2.30. The van der Waals surface area contributed by atoms with Gasteiger partial charge in [-0.15, -0.1) is 0 Å². The molecule has 0 spiro atoms. The molecule has 0 aliphatic carbocycles. The maximum Gasteiger partial charge on any atom is 0.243 e. The molecule has 0 saturated carbocycles. The van der Waals surface area contributed by atoms with Crippen LogP contribution in [0.4, 0.5) is 0 Å². The number of hydrogen-bond acceptors (Lipinski definition) is 4. The second kappa shape index (κ2) is 10.7. The lowest BCUT2D eigenvalue weighted by molar-refractivity contribution is -0.131. The zero-order valence-corrected chi connectivity index (χ0v) is 19.9. The molecular weight excluding hydrogens is 438 g/mol. The highest BCUT2D eigenvalue weighted by atomic mass is 32.2. The standard InChI is InChI=1S/C25H33N3O4S/c29-24(27-15-5-1-2-6-16-27)11-14-26-25(30)21-12-17-28(18-13-21)33(31,32)23-10-9-20-7-3-4-8-22(20)19-23/h3-4,7-10,19,21H,1-2,5-6,11-18H2,(H,26,30). The minimum absolute atomic E-state index is 0.0820. The monoisotopic (exact) mass is 471 g/mol. The van der Waals surface area contributed by atoms with Crippen molar-refractivity contribution in [3.05, 3.63) is 42.5 Å². The minimum atomic E-state index is -3.59. The van der Waals surface area contributed by atoms with Crippen LogP contribution in [0, 0.1) is 5.92 Å². The molecule has 2 aromatic rings. The van der Waals surface area contributed by atoms with E-state index in [0.717, 1.165) is 36.7 Å². The Hall–Kier alpha value is -2.45. The van der Waals surface area contributed by atoms with E-state index in [1.807, 2.05) is 35.2 Å². The highest BCUT2D eigenvalue weighted by Gasteiger charge is 2.32. The summed E-state index contributed by atoms with van der Waals surface area (Å²) in [5, 5.41) is 4.78. The van der Waals surface area contributed by atoms with Crippen molar-refractivity contribution in [2.24, 2.45) is 5.92 Å². The summed E-state index contributed by atoms with van der Waals surface area (Å²) >= 11 is 0. The van der Waals surface area contributed by atoms with Gasteiger partial charge in [-0.3, -0.25) is 9.59 Å². The van der Waals surface area contributed by atoms with Crippen molar-refractivity contribution in [3.63, 3.8) is 0 Å². The summed E-state index contributed by atoms with van der Waals surface area (Å²) in [7, 11) is -3.59. The summed E-state index contributed by atoms with van der Waals surface area (Å²) in [6, 6.07) is 12.9. The fourth-order valence-electron chi connectivity index (χ4n) is 4.75. The minimum Gasteiger partial charge on any atom is -0.355 e. The van der Waals surface area contributed by atoms with Gasteiger partial charge < -0.3 is 10.2 Å². The first kappa shape index (κ1) is 23.7. The molecule has 1 N–H and O–H groups in total. The van der Waals surface area contributed by atoms with E-state index in [2.05, 4.69) is 5.32 Å². The van der Waals surface area contributed by atoms with Crippen LogP contribution in [0.2, 0.25) is 0 Å². The van der Waals surface area contributed by atoms with Gasteiger partial charge in [0.1, 0.15) is 0 Å². The van der Waals surface area contributed by atoms with Gasteiger partial charge >= 0.3 is 0 Å². The number of fused-ring (bicyclic) bond motifs is 1. The van der Waals surface area contributed by atoms with Crippen LogP contribution < -0.4 is 5.32 Å². The fraction of sp³-hybridized carbons (Fsp3) is 0.520. The molecule has 8 heteroatoms. The van der Waals surface area contributed by atoms with Crippen molar-refractivity contribution >= 4 is 32.6 Å². The Labute approximate surface area is 196 Å². The molecule has 33 heavy (non-hydrogen) atoms. The van der Waals surface area contributed by atoms with E-state index in [1.165, 1.54) is 17.1 Å². The van der Waals surface area contributed by atoms with Gasteiger partial charge in [0, 0.05) is 45.1 Å². The van der Waals surface area contributed by atoms with E-state index in [9.17, 15) is 18.0 Å². The number of sulfonamides is 1. The van der Waals surface area contributed by atoms with Crippen molar-refractivity contribution in [2.75, 3.05) is 32.7 Å². The van der Waals surface area contributed by atoms with Gasteiger partial charge in [-0.25, -0.2) is 8.42 Å². The first-order chi connectivity index (χ1) is 15.9. The zero-order chi connectivity index (χ0) is 23.3. The molecular formula is C25H33N3O4S. The van der Waals surface area contributed by atoms with Crippen molar-refractivity contribution < 1.29 is 18.0 Å². The Morgan fingerprint density at radius 1 is 0.879 bits per heavy atom. The molecule has 4 rings (SSSR count). The molecule has 2 aromatic carbocycles. The first-order valence-corrected chi connectivity index (χ1v) is 13.4. The lowest BCUT2D eigenvalue weighted by atomic mass is 9.97. The van der Waals surface area contributed by atoms with Gasteiger partial charge in [-0.1, -0.05) is 43.2 Å². The van der Waals surface area contributed by atoms with Gasteiger partial charge in [0.2, 0.25) is 21.8 Å². The molecule has 2 saturated heterocycles. The van der Waals surface area contributed by atoms with Crippen molar-refractivity contribution in [1.82, 2.24) is 14.5 Å². The third-order valence-corrected chi connectivity index (χ3v) is 8.67. The molecule has 2 aliphatic rings. The SMILES string of the molecule is O=C(NCCC(=O)N1CCCCCC1)C1CCN(S(=O)(=O)c2ccc3ccccc3c2)CC1. The number of carbonyl (C=O) groups is 2. The maximum atomic E-state index is 13.1. The maximum absolute atomic E-state index is 13.1. The summed E-state index contributed by atoms with van der Waals surface area (Å²) in [4.78, 5) is 27.2. The lowest BCUT2D eigenvalue weighted by Crippen LogP contribution is -2.43. The molecule has 0 atom stereocenters. The summed E-state index contributed by atoms with van der Waals surface area (Å²) in [5.74, 6) is -0.198. The molecule has 2 amide bonds. The first-order valence-electron chi connectivity index (χ1n) is 12.0. The second-order valence-electron chi connectivity index (χ2n) is 9.02. The van der Waals surface area contributed by atoms with Gasteiger partial charge in [-0.2, -0.15) is 4.31 Å². The molecule has 0 radical (unpaired) electrons. The quantitative estimate of drug-likeness (QED) is 0.701. The second-order valence-corrected chi connectivity index (χ2v) is 11.0. The van der Waals surface area contributed by atoms with Gasteiger partial charge in [-0.05, 0) is 48.6 Å². The topological polar surface area (TPSA) is 86.8 Å². The van der Waals surface area contributed by atoms with Crippen LogP contribution in [0.15, 0.2) is 47.4 Å². The van der Waals surface area contributed by atoms with Gasteiger partial charge in [0.15, 0.2) is 0 Å². The molecule has 2 fully saturated rings. The molecule has 0 unspecified atom stereocenters. The predicted octanol–water partition coefficient (Wildman–Crippen LogP) is 3.15. The summed E-state index contributed by atoms with van der Waals surface area (Å²) < 4.78 is 27.7. The van der Waals surface area contributed by atoms with E-state index >= 15 is 0 Å². The number of piperidine rings is 1. The number of likely N-dealkylation sites (tertiary alicyclic amines) is 1. The number of hydrogen-bond donors (Lipinski definition) is 1. The van der Waals surface area contributed by atoms with E-state index in [4.69, 9.17) is 0 Å². The number of amides is 2. The Morgan fingerprint density at radius 3 is 2.24 bits per heavy atom. The van der Waals surface area contributed by atoms with Crippen LogP contribution in [0.1, 0.15) is 44.9 Å². The number of carbonyl (C=O) groups excluding carboxylic acids is 2. The average Bonchev–Trinajstić information content (AvgIpc) is 3.13.